The molecule has 0 aromatic heterocycles. The number of carbonyl (C=O) groups excluding carboxylic acids is 1. The van der Waals surface area contributed by atoms with E-state index in [1.54, 1.807) is 0 Å². The summed E-state index contributed by atoms with van der Waals surface area (Å²) in [7, 11) is 0. The number of rotatable bonds is 1. The highest BCUT2D eigenvalue weighted by Gasteiger charge is 2.28. The van der Waals surface area contributed by atoms with Crippen LogP contribution in [0.5, 0.6) is 0 Å². The summed E-state index contributed by atoms with van der Waals surface area (Å²) in [6.45, 7) is 1.73. The molecule has 1 atom stereocenters. The van der Waals surface area contributed by atoms with Crippen LogP contribution in [0.2, 0.25) is 0 Å². The van der Waals surface area contributed by atoms with Crippen LogP contribution in [0, 0.1) is 0 Å². The van der Waals surface area contributed by atoms with E-state index in [2.05, 4.69) is 0 Å². The molecule has 0 saturated carbocycles. The van der Waals surface area contributed by atoms with E-state index in [1.807, 2.05) is 28.4 Å². The topological polar surface area (TPSA) is 46.3 Å². The molecule has 0 bridgehead atoms. The molecule has 15 heavy (non-hydrogen) atoms. The Morgan fingerprint density at radius 2 is 2.00 bits per heavy atom. The third-order valence-electron chi connectivity index (χ3n) is 2.94. The Balaban J connectivity index is 1.84. The zero-order valence-corrected chi connectivity index (χ0v) is 10.5. The largest absolute Gasteiger partial charge is 0.342 e. The maximum atomic E-state index is 12.1. The second-order valence-electron chi connectivity index (χ2n) is 4.10. The Kier molecular flexibility index (Phi) is 4.22. The molecule has 5 heteroatoms. The average Bonchev–Trinajstić information content (AvgIpc) is 2.30. The van der Waals surface area contributed by atoms with Gasteiger partial charge >= 0.3 is 0 Å². The summed E-state index contributed by atoms with van der Waals surface area (Å²) in [5, 5.41) is 0.207. The van der Waals surface area contributed by atoms with Crippen molar-refractivity contribution in [1.82, 2.24) is 4.90 Å². The van der Waals surface area contributed by atoms with Crippen molar-refractivity contribution >= 4 is 29.4 Å². The van der Waals surface area contributed by atoms with Crippen LogP contribution in [0.15, 0.2) is 0 Å². The van der Waals surface area contributed by atoms with Crippen LogP contribution < -0.4 is 5.73 Å². The maximum absolute atomic E-state index is 12.1. The number of amides is 1. The van der Waals surface area contributed by atoms with Gasteiger partial charge in [0.1, 0.15) is 0 Å². The predicted molar refractivity (Wildman–Crippen MR) is 67.4 cm³/mol. The zero-order valence-electron chi connectivity index (χ0n) is 8.85. The number of carbonyl (C=O) groups is 1. The molecule has 2 heterocycles. The maximum Gasteiger partial charge on any atom is 0.236 e. The molecule has 3 nitrogen and oxygen atoms in total. The highest BCUT2D eigenvalue weighted by Crippen LogP contribution is 2.26. The van der Waals surface area contributed by atoms with Crippen LogP contribution in [0.1, 0.15) is 12.8 Å². The molecule has 2 fully saturated rings. The van der Waals surface area contributed by atoms with Crippen LogP contribution in [0.25, 0.3) is 0 Å². The van der Waals surface area contributed by atoms with E-state index in [1.165, 1.54) is 5.75 Å². The fourth-order valence-corrected chi connectivity index (χ4v) is 4.58. The van der Waals surface area contributed by atoms with Crippen molar-refractivity contribution in [2.45, 2.75) is 24.1 Å². The lowest BCUT2D eigenvalue weighted by atomic mass is 10.1. The van der Waals surface area contributed by atoms with Gasteiger partial charge in [-0.3, -0.25) is 4.79 Å². The van der Waals surface area contributed by atoms with Crippen LogP contribution in [0.4, 0.5) is 0 Å². The summed E-state index contributed by atoms with van der Waals surface area (Å²) in [5.74, 6) is 3.65. The first-order valence-electron chi connectivity index (χ1n) is 5.51. The fraction of sp³-hybridized carbons (Fsp3) is 0.900. The minimum Gasteiger partial charge on any atom is -0.342 e. The molecule has 0 spiro atoms. The number of hydrogen-bond acceptors (Lipinski definition) is 4. The Bertz CT molecular complexity index is 223. The van der Waals surface area contributed by atoms with E-state index in [-0.39, 0.29) is 5.25 Å². The molecule has 1 amide bonds. The zero-order chi connectivity index (χ0) is 10.7. The van der Waals surface area contributed by atoms with Gasteiger partial charge < -0.3 is 10.6 Å². The van der Waals surface area contributed by atoms with Crippen LogP contribution in [-0.2, 0) is 4.79 Å². The number of likely N-dealkylation sites (tertiary alicyclic amines) is 1. The van der Waals surface area contributed by atoms with Crippen molar-refractivity contribution in [1.29, 1.82) is 0 Å². The van der Waals surface area contributed by atoms with Gasteiger partial charge in [-0.05, 0) is 12.8 Å². The van der Waals surface area contributed by atoms with Gasteiger partial charge in [-0.15, -0.1) is 11.8 Å². The van der Waals surface area contributed by atoms with E-state index in [9.17, 15) is 4.79 Å². The first-order chi connectivity index (χ1) is 7.27. The number of nitrogens with two attached hydrogens (primary N) is 1. The van der Waals surface area contributed by atoms with Crippen molar-refractivity contribution in [3.8, 4) is 0 Å². The molecule has 2 N–H and O–H groups in total. The molecule has 2 rings (SSSR count). The van der Waals surface area contributed by atoms with Crippen molar-refractivity contribution in [3.05, 3.63) is 0 Å². The van der Waals surface area contributed by atoms with Gasteiger partial charge in [-0.1, -0.05) is 0 Å². The number of nitrogens with zero attached hydrogens (tertiary/aromatic N) is 1. The lowest BCUT2D eigenvalue weighted by Gasteiger charge is -2.33. The predicted octanol–water partition coefficient (Wildman–Crippen LogP) is 0.785. The molecular formula is C10H18N2OS2. The van der Waals surface area contributed by atoms with E-state index < -0.39 is 0 Å². The molecule has 2 aliphatic rings. The second kappa shape index (κ2) is 5.46. The van der Waals surface area contributed by atoms with Gasteiger partial charge in [0.15, 0.2) is 0 Å². The number of hydrogen-bond donors (Lipinski definition) is 1. The molecule has 0 aromatic carbocycles. The van der Waals surface area contributed by atoms with E-state index in [0.29, 0.717) is 11.9 Å². The van der Waals surface area contributed by atoms with Gasteiger partial charge in [-0.2, -0.15) is 11.8 Å². The van der Waals surface area contributed by atoms with Crippen molar-refractivity contribution < 1.29 is 4.79 Å². The van der Waals surface area contributed by atoms with Crippen LogP contribution in [0.3, 0.4) is 0 Å². The smallest absolute Gasteiger partial charge is 0.236 e. The lowest BCUT2D eigenvalue weighted by Crippen LogP contribution is -2.47. The minimum absolute atomic E-state index is 0.207. The molecule has 2 aliphatic heterocycles. The Morgan fingerprint density at radius 3 is 2.60 bits per heavy atom. The fourth-order valence-electron chi connectivity index (χ4n) is 1.95. The molecule has 2 saturated heterocycles. The van der Waals surface area contributed by atoms with Gasteiger partial charge in [0.05, 0.1) is 5.25 Å². The Labute approximate surface area is 99.5 Å². The Hall–Kier alpha value is 0.130. The molecular weight excluding hydrogens is 228 g/mol. The highest BCUT2D eigenvalue weighted by atomic mass is 32.2. The third-order valence-corrected chi connectivity index (χ3v) is 5.68. The average molecular weight is 246 g/mol. The van der Waals surface area contributed by atoms with E-state index in [4.69, 9.17) is 5.73 Å². The van der Waals surface area contributed by atoms with E-state index >= 15 is 0 Å². The first kappa shape index (κ1) is 11.6. The number of thioether (sulfide) groups is 2. The lowest BCUT2D eigenvalue weighted by molar-refractivity contribution is -0.131. The summed E-state index contributed by atoms with van der Waals surface area (Å²) in [6.07, 6.45) is 1.94. The second-order valence-corrected chi connectivity index (χ2v) is 6.56. The van der Waals surface area contributed by atoms with Crippen molar-refractivity contribution in [2.75, 3.05) is 30.3 Å². The summed E-state index contributed by atoms with van der Waals surface area (Å²) in [4.78, 5) is 14.1. The summed E-state index contributed by atoms with van der Waals surface area (Å²) in [5.41, 5.74) is 5.83. The molecule has 0 aromatic rings. The first-order valence-corrected chi connectivity index (χ1v) is 7.71. The number of piperidine rings is 1. The summed E-state index contributed by atoms with van der Waals surface area (Å²) >= 11 is 3.73. The van der Waals surface area contributed by atoms with Gasteiger partial charge in [0.25, 0.3) is 0 Å². The normalized spacial score (nSPS) is 29.1. The third kappa shape index (κ3) is 3.04. The Morgan fingerprint density at radius 1 is 1.27 bits per heavy atom. The van der Waals surface area contributed by atoms with Crippen molar-refractivity contribution in [3.63, 3.8) is 0 Å². The minimum atomic E-state index is 0.207. The summed E-state index contributed by atoms with van der Waals surface area (Å²) in [6, 6.07) is 0.308. The van der Waals surface area contributed by atoms with E-state index in [0.717, 1.165) is 37.4 Å². The van der Waals surface area contributed by atoms with Gasteiger partial charge in [0, 0.05) is 36.4 Å². The van der Waals surface area contributed by atoms with Crippen molar-refractivity contribution in [2.24, 2.45) is 5.73 Å². The van der Waals surface area contributed by atoms with Crippen LogP contribution >= 0.6 is 23.5 Å². The van der Waals surface area contributed by atoms with Crippen LogP contribution in [-0.4, -0.2) is 52.4 Å². The SMILES string of the molecule is NC1CCN(C(=O)[C@@H]2CSCCS2)CC1. The van der Waals surface area contributed by atoms with Gasteiger partial charge in [0.2, 0.25) is 5.91 Å². The standard InChI is InChI=1S/C10H18N2OS2/c11-8-1-3-12(4-2-8)10(13)9-7-14-5-6-15-9/h8-9H,1-7,11H2/t9-/m0/s1. The molecule has 0 unspecified atom stereocenters. The van der Waals surface area contributed by atoms with Gasteiger partial charge in [-0.25, -0.2) is 0 Å². The monoisotopic (exact) mass is 246 g/mol. The summed E-state index contributed by atoms with van der Waals surface area (Å²) < 4.78 is 0. The highest BCUT2D eigenvalue weighted by molar-refractivity contribution is 8.07. The molecule has 86 valence electrons. The quantitative estimate of drug-likeness (QED) is 0.743. The molecule has 0 radical (unpaired) electrons. The molecule has 0 aliphatic carbocycles.